The first-order valence-corrected chi connectivity index (χ1v) is 7.32. The van der Waals surface area contributed by atoms with Crippen molar-refractivity contribution < 1.29 is 0 Å². The first-order chi connectivity index (χ1) is 9.54. The molecule has 0 saturated heterocycles. The van der Waals surface area contributed by atoms with Gasteiger partial charge in [0.2, 0.25) is 0 Å². The Labute approximate surface area is 122 Å². The van der Waals surface area contributed by atoms with E-state index in [1.54, 1.807) is 0 Å². The lowest BCUT2D eigenvalue weighted by Gasteiger charge is -2.06. The molecule has 0 radical (unpaired) electrons. The zero-order valence-corrected chi connectivity index (χ0v) is 13.0. The zero-order valence-electron chi connectivity index (χ0n) is 13.0. The van der Waals surface area contributed by atoms with E-state index in [1.165, 1.54) is 16.7 Å². The summed E-state index contributed by atoms with van der Waals surface area (Å²) in [5.41, 5.74) is 5.13. The Morgan fingerprint density at radius 2 is 2.00 bits per heavy atom. The Kier molecular flexibility index (Phi) is 4.96. The van der Waals surface area contributed by atoms with Gasteiger partial charge >= 0.3 is 0 Å². The van der Waals surface area contributed by atoms with Crippen molar-refractivity contribution >= 4 is 0 Å². The second-order valence-corrected chi connectivity index (χ2v) is 5.98. The molecule has 3 nitrogen and oxygen atoms in total. The summed E-state index contributed by atoms with van der Waals surface area (Å²) in [6.45, 7) is 11.5. The van der Waals surface area contributed by atoms with Crippen molar-refractivity contribution in [2.24, 2.45) is 5.92 Å². The van der Waals surface area contributed by atoms with Crippen LogP contribution in [0, 0.1) is 19.8 Å². The molecule has 2 aromatic rings. The van der Waals surface area contributed by atoms with Crippen molar-refractivity contribution in [3.63, 3.8) is 0 Å². The number of aryl methyl sites for hydroxylation is 2. The van der Waals surface area contributed by atoms with E-state index in [9.17, 15) is 0 Å². The Bertz CT molecular complexity index is 555. The molecule has 1 N–H and O–H groups in total. The van der Waals surface area contributed by atoms with Gasteiger partial charge in [0.05, 0.1) is 12.0 Å². The number of nitrogens with one attached hydrogen (secondary N) is 1. The minimum Gasteiger partial charge on any atom is -0.333 e. The van der Waals surface area contributed by atoms with Gasteiger partial charge in [0.1, 0.15) is 0 Å². The SMILES string of the molecule is Cc1ccc(Cn2cnc(CNCC(C)C)c2)cc1C. The molecule has 0 atom stereocenters. The van der Waals surface area contributed by atoms with Crippen molar-refractivity contribution in [3.8, 4) is 0 Å². The predicted molar refractivity (Wildman–Crippen MR) is 83.8 cm³/mol. The zero-order chi connectivity index (χ0) is 14.5. The van der Waals surface area contributed by atoms with E-state index in [-0.39, 0.29) is 0 Å². The average molecular weight is 271 g/mol. The van der Waals surface area contributed by atoms with Crippen LogP contribution in [0.5, 0.6) is 0 Å². The Morgan fingerprint density at radius 3 is 2.70 bits per heavy atom. The second kappa shape index (κ2) is 6.71. The van der Waals surface area contributed by atoms with Crippen LogP contribution >= 0.6 is 0 Å². The van der Waals surface area contributed by atoms with E-state index in [2.05, 4.69) is 67.0 Å². The summed E-state index contributed by atoms with van der Waals surface area (Å²) in [5, 5.41) is 3.42. The molecule has 0 amide bonds. The van der Waals surface area contributed by atoms with E-state index in [1.807, 2.05) is 6.33 Å². The number of hydrogen-bond acceptors (Lipinski definition) is 2. The molecule has 1 aromatic heterocycles. The quantitative estimate of drug-likeness (QED) is 0.873. The normalized spacial score (nSPS) is 11.2. The number of imidazole rings is 1. The van der Waals surface area contributed by atoms with Gasteiger partial charge in [0.15, 0.2) is 0 Å². The Hall–Kier alpha value is -1.61. The van der Waals surface area contributed by atoms with Gasteiger partial charge in [0.25, 0.3) is 0 Å². The van der Waals surface area contributed by atoms with Gasteiger partial charge in [0, 0.05) is 19.3 Å². The summed E-state index contributed by atoms with van der Waals surface area (Å²) in [4.78, 5) is 4.45. The van der Waals surface area contributed by atoms with Gasteiger partial charge in [-0.3, -0.25) is 0 Å². The Balaban J connectivity index is 1.93. The number of aromatic nitrogens is 2. The third-order valence-electron chi connectivity index (χ3n) is 3.48. The van der Waals surface area contributed by atoms with E-state index in [0.29, 0.717) is 5.92 Å². The summed E-state index contributed by atoms with van der Waals surface area (Å²) in [5.74, 6) is 0.674. The number of benzene rings is 1. The predicted octanol–water partition coefficient (Wildman–Crippen LogP) is 3.29. The molecule has 0 aliphatic heterocycles. The average Bonchev–Trinajstić information content (AvgIpc) is 2.81. The number of rotatable bonds is 6. The van der Waals surface area contributed by atoms with Gasteiger partial charge in [-0.05, 0) is 43.0 Å². The molecule has 0 fully saturated rings. The van der Waals surface area contributed by atoms with Crippen LogP contribution in [0.25, 0.3) is 0 Å². The third kappa shape index (κ3) is 4.20. The number of hydrogen-bond donors (Lipinski definition) is 1. The molecule has 1 heterocycles. The van der Waals surface area contributed by atoms with Crippen LogP contribution in [0.15, 0.2) is 30.7 Å². The highest BCUT2D eigenvalue weighted by Crippen LogP contribution is 2.11. The fraction of sp³-hybridized carbons (Fsp3) is 0.471. The first-order valence-electron chi connectivity index (χ1n) is 7.32. The van der Waals surface area contributed by atoms with Crippen molar-refractivity contribution in [2.45, 2.75) is 40.8 Å². The summed E-state index contributed by atoms with van der Waals surface area (Å²) < 4.78 is 2.15. The van der Waals surface area contributed by atoms with Crippen molar-refractivity contribution in [3.05, 3.63) is 53.1 Å². The van der Waals surface area contributed by atoms with Crippen molar-refractivity contribution in [1.82, 2.24) is 14.9 Å². The standard InChI is InChI=1S/C17H25N3/c1-13(2)8-18-9-17-11-20(12-19-17)10-16-6-5-14(3)15(4)7-16/h5-7,11-13,18H,8-10H2,1-4H3. The molecular weight excluding hydrogens is 246 g/mol. The summed E-state index contributed by atoms with van der Waals surface area (Å²) in [7, 11) is 0. The molecule has 3 heteroatoms. The summed E-state index contributed by atoms with van der Waals surface area (Å²) in [6, 6.07) is 6.64. The molecule has 0 aliphatic rings. The molecule has 1 aromatic carbocycles. The van der Waals surface area contributed by atoms with Crippen molar-refractivity contribution in [1.29, 1.82) is 0 Å². The van der Waals surface area contributed by atoms with E-state index in [4.69, 9.17) is 0 Å². The maximum atomic E-state index is 4.45. The van der Waals surface area contributed by atoms with Crippen LogP contribution in [0.3, 0.4) is 0 Å². The Morgan fingerprint density at radius 1 is 1.20 bits per heavy atom. The lowest BCUT2D eigenvalue weighted by atomic mass is 10.1. The van der Waals surface area contributed by atoms with Gasteiger partial charge < -0.3 is 9.88 Å². The largest absolute Gasteiger partial charge is 0.333 e. The second-order valence-electron chi connectivity index (χ2n) is 5.98. The molecule has 0 spiro atoms. The van der Waals surface area contributed by atoms with Crippen LogP contribution in [-0.4, -0.2) is 16.1 Å². The smallest absolute Gasteiger partial charge is 0.0953 e. The van der Waals surface area contributed by atoms with Gasteiger partial charge in [-0.25, -0.2) is 4.98 Å². The maximum Gasteiger partial charge on any atom is 0.0953 e. The number of nitrogens with zero attached hydrogens (tertiary/aromatic N) is 2. The highest BCUT2D eigenvalue weighted by molar-refractivity contribution is 5.30. The van der Waals surface area contributed by atoms with Crippen molar-refractivity contribution in [2.75, 3.05) is 6.54 Å². The minimum absolute atomic E-state index is 0.674. The summed E-state index contributed by atoms with van der Waals surface area (Å²) in [6.07, 6.45) is 4.05. The van der Waals surface area contributed by atoms with Crippen LogP contribution < -0.4 is 5.32 Å². The fourth-order valence-electron chi connectivity index (χ4n) is 2.19. The lowest BCUT2D eigenvalue weighted by Crippen LogP contribution is -2.19. The molecule has 0 unspecified atom stereocenters. The highest BCUT2D eigenvalue weighted by atomic mass is 15.0. The van der Waals surface area contributed by atoms with Gasteiger partial charge in [-0.2, -0.15) is 0 Å². The monoisotopic (exact) mass is 271 g/mol. The molecule has 2 rings (SSSR count). The summed E-state index contributed by atoms with van der Waals surface area (Å²) >= 11 is 0. The van der Waals surface area contributed by atoms with E-state index < -0.39 is 0 Å². The lowest BCUT2D eigenvalue weighted by molar-refractivity contribution is 0.548. The van der Waals surface area contributed by atoms with Crippen LogP contribution in [-0.2, 0) is 13.1 Å². The maximum absolute atomic E-state index is 4.45. The molecule has 0 bridgehead atoms. The molecule has 108 valence electrons. The van der Waals surface area contributed by atoms with E-state index in [0.717, 1.165) is 25.3 Å². The molecule has 0 aliphatic carbocycles. The topological polar surface area (TPSA) is 29.9 Å². The molecular formula is C17H25N3. The molecule has 0 saturated carbocycles. The first kappa shape index (κ1) is 14.8. The third-order valence-corrected chi connectivity index (χ3v) is 3.48. The van der Waals surface area contributed by atoms with Crippen LogP contribution in [0.2, 0.25) is 0 Å². The van der Waals surface area contributed by atoms with Crippen LogP contribution in [0.1, 0.15) is 36.2 Å². The van der Waals surface area contributed by atoms with E-state index >= 15 is 0 Å². The van der Waals surface area contributed by atoms with Crippen LogP contribution in [0.4, 0.5) is 0 Å². The highest BCUT2D eigenvalue weighted by Gasteiger charge is 2.02. The minimum atomic E-state index is 0.674. The fourth-order valence-corrected chi connectivity index (χ4v) is 2.19. The van der Waals surface area contributed by atoms with Gasteiger partial charge in [-0.15, -0.1) is 0 Å². The van der Waals surface area contributed by atoms with Gasteiger partial charge in [-0.1, -0.05) is 32.0 Å². The molecule has 20 heavy (non-hydrogen) atoms.